The third-order valence-corrected chi connectivity index (χ3v) is 11.6. The first-order valence-corrected chi connectivity index (χ1v) is 18.4. The molecule has 7 aromatic carbocycles. The minimum atomic E-state index is -0.164. The SMILES string of the molecule is CC1(C)c2ccccc2-n2c3ccncc3c3cc(-c4ccc(-n5c6ccc(-c7ccccc7)cc6c6cc(-c7ccccc7)ccc65)cc4)cc1c32. The van der Waals surface area contributed by atoms with Gasteiger partial charge in [0.2, 0.25) is 0 Å². The highest BCUT2D eigenvalue weighted by atomic mass is 15.0. The van der Waals surface area contributed by atoms with Crippen molar-refractivity contribution < 1.29 is 0 Å². The van der Waals surface area contributed by atoms with E-state index in [0.717, 1.165) is 5.69 Å². The number of fused-ring (bicyclic) bond motifs is 8. The van der Waals surface area contributed by atoms with Crippen LogP contribution in [0.4, 0.5) is 0 Å². The van der Waals surface area contributed by atoms with E-state index in [9.17, 15) is 0 Å². The van der Waals surface area contributed by atoms with Gasteiger partial charge in [0, 0.05) is 45.0 Å². The van der Waals surface area contributed by atoms with E-state index in [-0.39, 0.29) is 5.41 Å². The maximum absolute atomic E-state index is 4.57. The first kappa shape index (κ1) is 30.0. The zero-order valence-electron chi connectivity index (χ0n) is 29.6. The van der Waals surface area contributed by atoms with E-state index < -0.39 is 0 Å². The van der Waals surface area contributed by atoms with Gasteiger partial charge in [-0.3, -0.25) is 4.98 Å². The van der Waals surface area contributed by atoms with Gasteiger partial charge < -0.3 is 9.13 Å². The molecule has 10 aromatic rings. The molecule has 0 radical (unpaired) electrons. The third kappa shape index (κ3) is 4.37. The first-order valence-electron chi connectivity index (χ1n) is 18.4. The second kappa shape index (κ2) is 11.1. The Bertz CT molecular complexity index is 2960. The van der Waals surface area contributed by atoms with E-state index in [4.69, 9.17) is 0 Å². The molecular weight excluding hydrogens is 643 g/mol. The zero-order chi connectivity index (χ0) is 35.3. The number of hydrogen-bond donors (Lipinski definition) is 0. The van der Waals surface area contributed by atoms with Gasteiger partial charge in [-0.25, -0.2) is 0 Å². The van der Waals surface area contributed by atoms with Crippen LogP contribution in [0.15, 0.2) is 176 Å². The molecule has 0 unspecified atom stereocenters. The minimum Gasteiger partial charge on any atom is -0.309 e. The quantitative estimate of drug-likeness (QED) is 0.182. The highest BCUT2D eigenvalue weighted by Gasteiger charge is 2.35. The first-order chi connectivity index (χ1) is 26.0. The fraction of sp³-hybridized carbons (Fsp3) is 0.0600. The normalized spacial score (nSPS) is 13.2. The number of nitrogens with zero attached hydrogens (tertiary/aromatic N) is 3. The maximum atomic E-state index is 4.57. The summed E-state index contributed by atoms with van der Waals surface area (Å²) < 4.78 is 4.87. The predicted octanol–water partition coefficient (Wildman–Crippen LogP) is 12.9. The average Bonchev–Trinajstić information content (AvgIpc) is 3.73. The van der Waals surface area contributed by atoms with Crippen molar-refractivity contribution in [3.63, 3.8) is 0 Å². The van der Waals surface area contributed by atoms with Crippen LogP contribution in [0.1, 0.15) is 25.0 Å². The monoisotopic (exact) mass is 677 g/mol. The van der Waals surface area contributed by atoms with Gasteiger partial charge in [-0.05, 0) is 105 Å². The van der Waals surface area contributed by atoms with E-state index in [1.54, 1.807) is 0 Å². The molecule has 1 aliphatic heterocycles. The lowest BCUT2D eigenvalue weighted by Gasteiger charge is -2.35. The fourth-order valence-corrected chi connectivity index (χ4v) is 8.95. The Hall–Kier alpha value is -6.71. The van der Waals surface area contributed by atoms with Crippen LogP contribution in [0.3, 0.4) is 0 Å². The van der Waals surface area contributed by atoms with Crippen LogP contribution in [0.5, 0.6) is 0 Å². The van der Waals surface area contributed by atoms with Crippen molar-refractivity contribution in [3.05, 3.63) is 187 Å². The molecule has 0 spiro atoms. The van der Waals surface area contributed by atoms with Crippen LogP contribution in [-0.2, 0) is 5.41 Å². The van der Waals surface area contributed by atoms with Crippen molar-refractivity contribution in [3.8, 4) is 44.8 Å². The summed E-state index contributed by atoms with van der Waals surface area (Å²) >= 11 is 0. The van der Waals surface area contributed by atoms with Crippen LogP contribution in [-0.4, -0.2) is 14.1 Å². The molecular formula is C50H35N3. The van der Waals surface area contributed by atoms with Gasteiger partial charge in [-0.2, -0.15) is 0 Å². The van der Waals surface area contributed by atoms with Crippen molar-refractivity contribution in [2.45, 2.75) is 19.3 Å². The summed E-state index contributed by atoms with van der Waals surface area (Å²) in [4.78, 5) is 4.57. The molecule has 0 saturated carbocycles. The van der Waals surface area contributed by atoms with Crippen LogP contribution >= 0.6 is 0 Å². The Balaban J connectivity index is 1.09. The topological polar surface area (TPSA) is 22.8 Å². The van der Waals surface area contributed by atoms with Gasteiger partial charge in [-0.1, -0.05) is 117 Å². The van der Waals surface area contributed by atoms with Crippen molar-refractivity contribution in [1.82, 2.24) is 14.1 Å². The van der Waals surface area contributed by atoms with Gasteiger partial charge >= 0.3 is 0 Å². The second-order valence-electron chi connectivity index (χ2n) is 14.9. The Morgan fingerprint density at radius 1 is 0.415 bits per heavy atom. The lowest BCUT2D eigenvalue weighted by molar-refractivity contribution is 0.630. The molecule has 11 rings (SSSR count). The Labute approximate surface area is 308 Å². The highest BCUT2D eigenvalue weighted by Crippen LogP contribution is 2.49. The number of aromatic nitrogens is 3. The van der Waals surface area contributed by atoms with Gasteiger partial charge in [0.1, 0.15) is 0 Å². The average molecular weight is 678 g/mol. The van der Waals surface area contributed by atoms with Gasteiger partial charge in [0.05, 0.1) is 27.8 Å². The van der Waals surface area contributed by atoms with Crippen LogP contribution in [0.2, 0.25) is 0 Å². The van der Waals surface area contributed by atoms with Crippen LogP contribution in [0, 0.1) is 0 Å². The molecule has 0 fully saturated rings. The summed E-state index contributed by atoms with van der Waals surface area (Å²) in [6.45, 7) is 4.73. The number of para-hydroxylation sites is 1. The molecule has 0 N–H and O–H groups in total. The molecule has 0 amide bonds. The zero-order valence-corrected chi connectivity index (χ0v) is 29.6. The van der Waals surface area contributed by atoms with E-state index >= 15 is 0 Å². The fourth-order valence-electron chi connectivity index (χ4n) is 8.95. The van der Waals surface area contributed by atoms with Gasteiger partial charge in [-0.15, -0.1) is 0 Å². The van der Waals surface area contributed by atoms with Gasteiger partial charge in [0.25, 0.3) is 0 Å². The summed E-state index contributed by atoms with van der Waals surface area (Å²) in [6.07, 6.45) is 3.94. The van der Waals surface area contributed by atoms with Crippen molar-refractivity contribution >= 4 is 43.6 Å². The van der Waals surface area contributed by atoms with Crippen molar-refractivity contribution in [2.75, 3.05) is 0 Å². The second-order valence-corrected chi connectivity index (χ2v) is 14.9. The Kier molecular flexibility index (Phi) is 6.30. The molecule has 3 nitrogen and oxygen atoms in total. The van der Waals surface area contributed by atoms with E-state index in [0.29, 0.717) is 0 Å². The van der Waals surface area contributed by atoms with Crippen molar-refractivity contribution in [2.24, 2.45) is 0 Å². The standard InChI is InChI=1S/C50H35N3/c1-50(2)43-15-9-10-16-48(43)53-47-25-26-51-31-42(47)41-29-37(30-44(50)49(41)53)34-17-21-38(22-18-34)52-45-23-19-35(32-11-5-3-6-12-32)27-39(45)40-28-36(20-24-46(40)52)33-13-7-4-8-14-33/h3-31H,1-2H3. The van der Waals surface area contributed by atoms with Crippen molar-refractivity contribution in [1.29, 1.82) is 0 Å². The molecule has 250 valence electrons. The van der Waals surface area contributed by atoms with Gasteiger partial charge in [0.15, 0.2) is 0 Å². The van der Waals surface area contributed by atoms with Crippen LogP contribution < -0.4 is 0 Å². The molecule has 0 saturated heterocycles. The predicted molar refractivity (Wildman–Crippen MR) is 221 cm³/mol. The molecule has 3 heteroatoms. The van der Waals surface area contributed by atoms with Crippen LogP contribution in [0.25, 0.3) is 88.4 Å². The number of hydrogen-bond acceptors (Lipinski definition) is 1. The number of rotatable bonds is 4. The smallest absolute Gasteiger partial charge is 0.0583 e. The molecule has 4 heterocycles. The lowest BCUT2D eigenvalue weighted by atomic mass is 9.74. The van der Waals surface area contributed by atoms with E-state index in [2.05, 4.69) is 192 Å². The largest absolute Gasteiger partial charge is 0.309 e. The summed E-state index contributed by atoms with van der Waals surface area (Å²) in [5.41, 5.74) is 17.1. The summed E-state index contributed by atoms with van der Waals surface area (Å²) in [7, 11) is 0. The molecule has 53 heavy (non-hydrogen) atoms. The third-order valence-electron chi connectivity index (χ3n) is 11.6. The Morgan fingerprint density at radius 3 is 1.62 bits per heavy atom. The number of benzene rings is 7. The Morgan fingerprint density at radius 2 is 0.962 bits per heavy atom. The molecule has 1 aliphatic rings. The van der Waals surface area contributed by atoms with E-state index in [1.807, 2.05) is 12.4 Å². The highest BCUT2D eigenvalue weighted by molar-refractivity contribution is 6.13. The summed E-state index contributed by atoms with van der Waals surface area (Å²) in [5.74, 6) is 0. The maximum Gasteiger partial charge on any atom is 0.0583 e. The molecule has 0 bridgehead atoms. The molecule has 3 aromatic heterocycles. The minimum absolute atomic E-state index is 0.164. The van der Waals surface area contributed by atoms with E-state index in [1.165, 1.54) is 93.8 Å². The molecule has 0 atom stereocenters. The summed E-state index contributed by atoms with van der Waals surface area (Å²) in [5, 5.41) is 4.93. The lowest BCUT2D eigenvalue weighted by Crippen LogP contribution is -2.26. The summed E-state index contributed by atoms with van der Waals surface area (Å²) in [6, 6.07) is 60.1. The molecule has 0 aliphatic carbocycles. The number of pyridine rings is 1.